The summed E-state index contributed by atoms with van der Waals surface area (Å²) in [5.41, 5.74) is 2.40. The van der Waals surface area contributed by atoms with Crippen molar-refractivity contribution in [2.75, 3.05) is 13.1 Å². The predicted molar refractivity (Wildman–Crippen MR) is 74.5 cm³/mol. The first-order valence-corrected chi connectivity index (χ1v) is 6.71. The zero-order valence-corrected chi connectivity index (χ0v) is 11.6. The summed E-state index contributed by atoms with van der Waals surface area (Å²) in [5.74, 6) is 0. The molecule has 18 heavy (non-hydrogen) atoms. The molecule has 0 amide bonds. The van der Waals surface area contributed by atoms with Crippen LogP contribution in [0.5, 0.6) is 0 Å². The van der Waals surface area contributed by atoms with Gasteiger partial charge in [0.05, 0.1) is 11.5 Å². The molecule has 1 aliphatic rings. The van der Waals surface area contributed by atoms with Gasteiger partial charge in [0.1, 0.15) is 0 Å². The highest BCUT2D eigenvalue weighted by atomic mass is 14.9. The van der Waals surface area contributed by atoms with E-state index in [0.717, 1.165) is 25.9 Å². The minimum Gasteiger partial charge on any atom is -0.317 e. The lowest BCUT2D eigenvalue weighted by Crippen LogP contribution is -2.38. The largest absolute Gasteiger partial charge is 0.317 e. The number of hydrogen-bond acceptors (Lipinski definition) is 2. The first-order valence-electron chi connectivity index (χ1n) is 6.71. The van der Waals surface area contributed by atoms with Gasteiger partial charge >= 0.3 is 0 Å². The number of hydrogen-bond donors (Lipinski definition) is 1. The van der Waals surface area contributed by atoms with E-state index in [2.05, 4.69) is 56.4 Å². The van der Waals surface area contributed by atoms with Gasteiger partial charge in [-0.3, -0.25) is 0 Å². The molecule has 0 spiro atoms. The van der Waals surface area contributed by atoms with Gasteiger partial charge in [0.25, 0.3) is 0 Å². The van der Waals surface area contributed by atoms with E-state index in [4.69, 9.17) is 0 Å². The van der Waals surface area contributed by atoms with Gasteiger partial charge in [-0.15, -0.1) is 0 Å². The van der Waals surface area contributed by atoms with E-state index in [1.54, 1.807) is 0 Å². The van der Waals surface area contributed by atoms with Gasteiger partial charge in [0, 0.05) is 0 Å². The fourth-order valence-corrected chi connectivity index (χ4v) is 2.61. The molecule has 1 aliphatic heterocycles. The summed E-state index contributed by atoms with van der Waals surface area (Å²) in [6, 6.07) is 11.2. The van der Waals surface area contributed by atoms with Crippen molar-refractivity contribution in [2.24, 2.45) is 0 Å². The highest BCUT2D eigenvalue weighted by molar-refractivity contribution is 5.37. The molecule has 1 N–H and O–H groups in total. The summed E-state index contributed by atoms with van der Waals surface area (Å²) in [5, 5.41) is 12.9. The minimum absolute atomic E-state index is 0.173. The summed E-state index contributed by atoms with van der Waals surface area (Å²) >= 11 is 0. The van der Waals surface area contributed by atoms with Crippen molar-refractivity contribution in [3.05, 3.63) is 35.4 Å². The zero-order chi connectivity index (χ0) is 13.2. The van der Waals surface area contributed by atoms with Crippen LogP contribution in [0, 0.1) is 11.3 Å². The molecule has 96 valence electrons. The molecule has 0 aliphatic carbocycles. The van der Waals surface area contributed by atoms with Crippen molar-refractivity contribution >= 4 is 0 Å². The molecule has 2 nitrogen and oxygen atoms in total. The van der Waals surface area contributed by atoms with Crippen molar-refractivity contribution < 1.29 is 0 Å². The van der Waals surface area contributed by atoms with Gasteiger partial charge in [0.15, 0.2) is 0 Å². The van der Waals surface area contributed by atoms with Crippen LogP contribution in [0.1, 0.15) is 44.7 Å². The summed E-state index contributed by atoms with van der Waals surface area (Å²) in [7, 11) is 0. The van der Waals surface area contributed by atoms with Crippen molar-refractivity contribution in [3.8, 4) is 6.07 Å². The molecule has 1 fully saturated rings. The normalized spacial score (nSPS) is 19.2. The summed E-state index contributed by atoms with van der Waals surface area (Å²) < 4.78 is 0. The average Bonchev–Trinajstić information content (AvgIpc) is 2.39. The molecule has 0 saturated carbocycles. The minimum atomic E-state index is -0.276. The van der Waals surface area contributed by atoms with Crippen LogP contribution in [0.4, 0.5) is 0 Å². The Kier molecular flexibility index (Phi) is 3.45. The van der Waals surface area contributed by atoms with Crippen molar-refractivity contribution in [1.82, 2.24) is 5.32 Å². The van der Waals surface area contributed by atoms with Crippen LogP contribution >= 0.6 is 0 Å². The SMILES string of the molecule is CC(C)(C)c1ccc(C2(C#N)CCNCC2)cc1. The molecule has 1 saturated heterocycles. The Hall–Kier alpha value is -1.33. The average molecular weight is 242 g/mol. The van der Waals surface area contributed by atoms with E-state index in [9.17, 15) is 5.26 Å². The molecule has 1 aromatic carbocycles. The maximum Gasteiger partial charge on any atom is 0.0846 e. The number of rotatable bonds is 1. The quantitative estimate of drug-likeness (QED) is 0.821. The number of nitriles is 1. The van der Waals surface area contributed by atoms with Gasteiger partial charge in [-0.05, 0) is 42.5 Å². The van der Waals surface area contributed by atoms with Crippen LogP contribution < -0.4 is 5.32 Å². The van der Waals surface area contributed by atoms with Crippen LogP contribution in [-0.4, -0.2) is 13.1 Å². The fraction of sp³-hybridized carbons (Fsp3) is 0.562. The molecule has 0 aromatic heterocycles. The number of nitrogens with one attached hydrogen (secondary N) is 1. The second-order valence-corrected chi connectivity index (χ2v) is 6.27. The van der Waals surface area contributed by atoms with Crippen LogP contribution in [0.25, 0.3) is 0 Å². The van der Waals surface area contributed by atoms with Crippen LogP contribution in [0.2, 0.25) is 0 Å². The smallest absolute Gasteiger partial charge is 0.0846 e. The van der Waals surface area contributed by atoms with Crippen molar-refractivity contribution in [1.29, 1.82) is 5.26 Å². The Labute approximate surface area is 110 Å². The summed E-state index contributed by atoms with van der Waals surface area (Å²) in [4.78, 5) is 0. The molecule has 1 heterocycles. The third kappa shape index (κ3) is 2.42. The predicted octanol–water partition coefficient (Wildman–Crippen LogP) is 3.13. The van der Waals surface area contributed by atoms with Crippen molar-refractivity contribution in [2.45, 2.75) is 44.4 Å². The second kappa shape index (κ2) is 4.74. The fourth-order valence-electron chi connectivity index (χ4n) is 2.61. The van der Waals surface area contributed by atoms with Crippen LogP contribution in [0.3, 0.4) is 0 Å². The Balaban J connectivity index is 2.31. The number of benzene rings is 1. The molecule has 0 radical (unpaired) electrons. The van der Waals surface area contributed by atoms with Gasteiger partial charge in [0.2, 0.25) is 0 Å². The lowest BCUT2D eigenvalue weighted by Gasteiger charge is -2.32. The molecule has 0 unspecified atom stereocenters. The van der Waals surface area contributed by atoms with Gasteiger partial charge < -0.3 is 5.32 Å². The topological polar surface area (TPSA) is 35.8 Å². The van der Waals surface area contributed by atoms with Gasteiger partial charge in [-0.1, -0.05) is 45.0 Å². The zero-order valence-electron chi connectivity index (χ0n) is 11.6. The molecular weight excluding hydrogens is 220 g/mol. The molecule has 0 atom stereocenters. The van der Waals surface area contributed by atoms with E-state index in [0.29, 0.717) is 0 Å². The molecular formula is C16H22N2. The number of piperidine rings is 1. The second-order valence-electron chi connectivity index (χ2n) is 6.27. The van der Waals surface area contributed by atoms with Gasteiger partial charge in [-0.2, -0.15) is 5.26 Å². The van der Waals surface area contributed by atoms with Crippen molar-refractivity contribution in [3.63, 3.8) is 0 Å². The number of nitrogens with zero attached hydrogens (tertiary/aromatic N) is 1. The first-order chi connectivity index (χ1) is 8.48. The molecule has 2 heteroatoms. The maximum atomic E-state index is 9.55. The highest BCUT2D eigenvalue weighted by Gasteiger charge is 2.34. The third-order valence-corrected chi connectivity index (χ3v) is 3.97. The Morgan fingerprint density at radius 2 is 1.67 bits per heavy atom. The van der Waals surface area contributed by atoms with E-state index in [1.165, 1.54) is 11.1 Å². The first kappa shape index (κ1) is 13.1. The Morgan fingerprint density at radius 3 is 2.11 bits per heavy atom. The highest BCUT2D eigenvalue weighted by Crippen LogP contribution is 2.34. The summed E-state index contributed by atoms with van der Waals surface area (Å²) in [6.45, 7) is 8.52. The lowest BCUT2D eigenvalue weighted by molar-refractivity contribution is 0.382. The van der Waals surface area contributed by atoms with E-state index < -0.39 is 0 Å². The Bertz CT molecular complexity index is 439. The molecule has 2 rings (SSSR count). The van der Waals surface area contributed by atoms with Gasteiger partial charge in [-0.25, -0.2) is 0 Å². The Morgan fingerprint density at radius 1 is 1.11 bits per heavy atom. The van der Waals surface area contributed by atoms with E-state index in [1.807, 2.05) is 0 Å². The van der Waals surface area contributed by atoms with E-state index >= 15 is 0 Å². The van der Waals surface area contributed by atoms with Crippen LogP contribution in [-0.2, 0) is 10.8 Å². The standard InChI is InChI=1S/C16H22N2/c1-15(2,3)13-4-6-14(7-5-13)16(12-17)8-10-18-11-9-16/h4-7,18H,8-11H2,1-3H3. The van der Waals surface area contributed by atoms with E-state index in [-0.39, 0.29) is 10.8 Å². The molecule has 1 aromatic rings. The molecule has 0 bridgehead atoms. The monoisotopic (exact) mass is 242 g/mol. The third-order valence-electron chi connectivity index (χ3n) is 3.97. The summed E-state index contributed by atoms with van der Waals surface area (Å²) in [6.07, 6.45) is 1.83. The lowest BCUT2D eigenvalue weighted by atomic mass is 9.73. The van der Waals surface area contributed by atoms with Crippen LogP contribution in [0.15, 0.2) is 24.3 Å². The maximum absolute atomic E-state index is 9.55.